The van der Waals surface area contributed by atoms with E-state index in [9.17, 15) is 0 Å². The van der Waals surface area contributed by atoms with Crippen LogP contribution >= 0.6 is 0 Å². The van der Waals surface area contributed by atoms with Crippen LogP contribution in [0.1, 0.15) is 74.8 Å². The van der Waals surface area contributed by atoms with Crippen molar-refractivity contribution in [2.45, 2.75) is 104 Å². The summed E-state index contributed by atoms with van der Waals surface area (Å²) in [4.78, 5) is 0. The molecule has 0 atom stereocenters. The fraction of sp³-hybridized carbons (Fsp3) is 0.471. The second-order valence-corrected chi connectivity index (χ2v) is 19.0. The van der Waals surface area contributed by atoms with Gasteiger partial charge in [-0.3, -0.25) is 0 Å². The van der Waals surface area contributed by atoms with Gasteiger partial charge in [0.15, 0.2) is 0 Å². The molecule has 3 aromatic carbocycles. The molecule has 0 aliphatic carbocycles. The molecule has 0 N–H and O–H groups in total. The molecular weight excluding hydrogens is 509 g/mol. The molecule has 1 aromatic heterocycles. The van der Waals surface area contributed by atoms with Crippen LogP contribution in [-0.4, -0.2) is 31.2 Å². The Kier molecular flexibility index (Phi) is 7.62. The van der Waals surface area contributed by atoms with E-state index < -0.39 is 8.32 Å². The van der Waals surface area contributed by atoms with E-state index in [1.54, 1.807) is 0 Å². The van der Waals surface area contributed by atoms with Gasteiger partial charge in [-0.1, -0.05) is 84.0 Å². The molecule has 0 radical (unpaired) electrons. The highest BCUT2D eigenvalue weighted by molar-refractivity contribution is 6.77. The molecule has 0 saturated carbocycles. The first kappa shape index (κ1) is 29.1. The zero-order valence-electron chi connectivity index (χ0n) is 26.0. The summed E-state index contributed by atoms with van der Waals surface area (Å²) in [6.45, 7) is 23.1. The molecule has 1 aliphatic rings. The third kappa shape index (κ3) is 4.77. The van der Waals surface area contributed by atoms with Crippen molar-refractivity contribution in [3.63, 3.8) is 0 Å². The minimum atomic E-state index is -1.91. The van der Waals surface area contributed by atoms with Gasteiger partial charge in [0, 0.05) is 16.5 Å². The smallest absolute Gasteiger partial charge is 0.412 e. The number of aromatic nitrogens is 1. The third-order valence-corrected chi connectivity index (χ3v) is 15.7. The van der Waals surface area contributed by atoms with Gasteiger partial charge < -0.3 is 18.3 Å². The van der Waals surface area contributed by atoms with Crippen LogP contribution in [-0.2, 0) is 20.3 Å². The molecule has 1 saturated heterocycles. The largest absolute Gasteiger partial charge is 0.494 e. The van der Waals surface area contributed by atoms with Gasteiger partial charge in [0.1, 0.15) is 0 Å². The summed E-state index contributed by atoms with van der Waals surface area (Å²) in [6, 6.07) is 24.2. The molecule has 4 nitrogen and oxygen atoms in total. The van der Waals surface area contributed by atoms with Crippen LogP contribution < -0.4 is 5.46 Å². The number of para-hydroxylation sites is 1. The number of fused-ring (bicyclic) bond motifs is 3. The number of benzene rings is 3. The minimum Gasteiger partial charge on any atom is -0.412 e. The molecule has 0 unspecified atom stereocenters. The predicted octanol–water partition coefficient (Wildman–Crippen LogP) is 8.78. The molecule has 212 valence electrons. The Hall–Kier alpha value is -2.38. The Bertz CT molecular complexity index is 1470. The third-order valence-electron chi connectivity index (χ3n) is 9.61. The molecule has 5 rings (SSSR count). The van der Waals surface area contributed by atoms with Crippen molar-refractivity contribution >= 4 is 42.7 Å². The van der Waals surface area contributed by atoms with Gasteiger partial charge in [0.25, 0.3) is 0 Å². The summed E-state index contributed by atoms with van der Waals surface area (Å²) in [7, 11) is -2.29. The Morgan fingerprint density at radius 1 is 0.725 bits per heavy atom. The van der Waals surface area contributed by atoms with Gasteiger partial charge in [-0.25, -0.2) is 0 Å². The first-order valence-electron chi connectivity index (χ1n) is 14.9. The van der Waals surface area contributed by atoms with Crippen LogP contribution in [0, 0.1) is 0 Å². The summed E-state index contributed by atoms with van der Waals surface area (Å²) in [6.07, 6.45) is 0. The lowest BCUT2D eigenvalue weighted by Gasteiger charge is -2.42. The van der Waals surface area contributed by atoms with Gasteiger partial charge in [-0.15, -0.1) is 0 Å². The summed E-state index contributed by atoms with van der Waals surface area (Å²) in [5, 5.41) is 2.43. The fourth-order valence-electron chi connectivity index (χ4n) is 6.84. The number of hydrogen-bond donors (Lipinski definition) is 0. The zero-order valence-corrected chi connectivity index (χ0v) is 27.0. The lowest BCUT2D eigenvalue weighted by molar-refractivity contribution is 0.00578. The van der Waals surface area contributed by atoms with Gasteiger partial charge >= 0.3 is 7.12 Å². The first-order chi connectivity index (χ1) is 18.8. The van der Waals surface area contributed by atoms with E-state index in [4.69, 9.17) is 13.7 Å². The first-order valence-corrected chi connectivity index (χ1v) is 17.0. The molecule has 0 bridgehead atoms. The normalized spacial score (nSPS) is 17.3. The summed E-state index contributed by atoms with van der Waals surface area (Å²) in [5.74, 6) is 0. The molecule has 4 aromatic rings. The lowest BCUT2D eigenvalue weighted by atomic mass is 9.78. The lowest BCUT2D eigenvalue weighted by Crippen LogP contribution is -2.47. The number of hydrogen-bond acceptors (Lipinski definition) is 3. The van der Waals surface area contributed by atoms with Gasteiger partial charge in [0.05, 0.1) is 28.8 Å². The van der Waals surface area contributed by atoms with E-state index in [0.717, 1.165) is 11.2 Å². The molecule has 2 heterocycles. The quantitative estimate of drug-likeness (QED) is 0.204. The molecule has 0 spiro atoms. The van der Waals surface area contributed by atoms with Crippen LogP contribution in [0.4, 0.5) is 0 Å². The Morgan fingerprint density at radius 2 is 1.27 bits per heavy atom. The maximum absolute atomic E-state index is 6.87. The Morgan fingerprint density at radius 3 is 1.85 bits per heavy atom. The van der Waals surface area contributed by atoms with Crippen molar-refractivity contribution in [1.82, 2.24) is 4.57 Å². The summed E-state index contributed by atoms with van der Waals surface area (Å²) < 4.78 is 22.0. The fourth-order valence-corrected chi connectivity index (χ4v) is 12.3. The Balaban J connectivity index is 1.49. The molecule has 6 heteroatoms. The van der Waals surface area contributed by atoms with E-state index in [1.807, 2.05) is 0 Å². The molecule has 1 fully saturated rings. The standard InChI is InChI=1S/C34H46BNO3Si/c1-23(2)40(24(3)4,25(5)6)37-22-26-15-18-28(19-16-26)36-31-14-12-11-13-29(31)30-21-27(17-20-32(30)36)35-38-33(7,8)34(9,10)39-35/h11-21,23-25H,22H2,1-10H3. The number of rotatable bonds is 8. The van der Waals surface area contributed by atoms with Crippen molar-refractivity contribution in [2.24, 2.45) is 0 Å². The second-order valence-electron chi connectivity index (χ2n) is 13.5. The Labute approximate surface area is 242 Å². The summed E-state index contributed by atoms with van der Waals surface area (Å²) in [5.41, 5.74) is 6.79. The van der Waals surface area contributed by atoms with Crippen molar-refractivity contribution in [2.75, 3.05) is 0 Å². The molecule has 1 aliphatic heterocycles. The van der Waals surface area contributed by atoms with Crippen molar-refractivity contribution < 1.29 is 13.7 Å². The van der Waals surface area contributed by atoms with E-state index >= 15 is 0 Å². The van der Waals surface area contributed by atoms with E-state index in [2.05, 4.69) is 141 Å². The maximum Gasteiger partial charge on any atom is 0.494 e. The van der Waals surface area contributed by atoms with Crippen LogP contribution in [0.3, 0.4) is 0 Å². The van der Waals surface area contributed by atoms with E-state index in [1.165, 1.54) is 27.4 Å². The van der Waals surface area contributed by atoms with E-state index in [0.29, 0.717) is 23.2 Å². The van der Waals surface area contributed by atoms with Gasteiger partial charge in [-0.2, -0.15) is 0 Å². The molecule has 0 amide bonds. The highest BCUT2D eigenvalue weighted by Gasteiger charge is 2.51. The average Bonchev–Trinajstić information content (AvgIpc) is 3.33. The SMILES string of the molecule is CC(C)[Si](OCc1ccc(-n2c3ccccc3c3cc(B4OC(C)(C)C(C)(C)O4)ccc32)cc1)(C(C)C)C(C)C. The van der Waals surface area contributed by atoms with Gasteiger partial charge in [-0.05, 0) is 79.6 Å². The van der Waals surface area contributed by atoms with Gasteiger partial charge in [0.2, 0.25) is 8.32 Å². The maximum atomic E-state index is 6.87. The molecule has 40 heavy (non-hydrogen) atoms. The van der Waals surface area contributed by atoms with Crippen molar-refractivity contribution in [3.05, 3.63) is 72.3 Å². The van der Waals surface area contributed by atoms with Crippen LogP contribution in [0.15, 0.2) is 66.7 Å². The minimum absolute atomic E-state index is 0.367. The summed E-state index contributed by atoms with van der Waals surface area (Å²) >= 11 is 0. The van der Waals surface area contributed by atoms with Crippen LogP contribution in [0.5, 0.6) is 0 Å². The molecular formula is C34H46BNO3Si. The number of nitrogens with zero attached hydrogens (tertiary/aromatic N) is 1. The predicted molar refractivity (Wildman–Crippen MR) is 172 cm³/mol. The van der Waals surface area contributed by atoms with Crippen molar-refractivity contribution in [3.8, 4) is 5.69 Å². The monoisotopic (exact) mass is 555 g/mol. The van der Waals surface area contributed by atoms with Crippen LogP contribution in [0.2, 0.25) is 16.6 Å². The zero-order chi connectivity index (χ0) is 29.0. The second kappa shape index (κ2) is 10.5. The van der Waals surface area contributed by atoms with Crippen molar-refractivity contribution in [1.29, 1.82) is 0 Å². The van der Waals surface area contributed by atoms with E-state index in [-0.39, 0.29) is 18.3 Å². The topological polar surface area (TPSA) is 32.6 Å². The highest BCUT2D eigenvalue weighted by Crippen LogP contribution is 2.43. The van der Waals surface area contributed by atoms with Crippen LogP contribution in [0.25, 0.3) is 27.5 Å². The average molecular weight is 556 g/mol. The highest BCUT2D eigenvalue weighted by atomic mass is 28.4.